The van der Waals surface area contributed by atoms with E-state index in [-0.39, 0.29) is 0 Å². The summed E-state index contributed by atoms with van der Waals surface area (Å²) in [5, 5.41) is 4.54. The molecule has 0 aliphatic rings. The van der Waals surface area contributed by atoms with E-state index in [1.807, 2.05) is 18.2 Å². The van der Waals surface area contributed by atoms with Crippen molar-refractivity contribution in [3.8, 4) is 5.75 Å². The fraction of sp³-hybridized carbons (Fsp3) is 0.391. The molecule has 0 spiro atoms. The lowest BCUT2D eigenvalue weighted by Gasteiger charge is -2.08. The monoisotopic (exact) mass is 395 g/mol. The predicted octanol–water partition coefficient (Wildman–Crippen LogP) is 6.18. The van der Waals surface area contributed by atoms with Crippen molar-refractivity contribution in [2.24, 2.45) is 0 Å². The second-order valence-electron chi connectivity index (χ2n) is 6.81. The number of nitrogens with one attached hydrogen (secondary N) is 1. The van der Waals surface area contributed by atoms with E-state index < -0.39 is 0 Å². The molecule has 28 heavy (non-hydrogen) atoms. The highest BCUT2D eigenvalue weighted by atomic mass is 32.2. The van der Waals surface area contributed by atoms with Crippen LogP contribution in [0.25, 0.3) is 10.9 Å². The Balaban J connectivity index is 1.21. The van der Waals surface area contributed by atoms with Crippen LogP contribution in [0, 0.1) is 0 Å². The van der Waals surface area contributed by atoms with Crippen molar-refractivity contribution in [1.82, 2.24) is 9.97 Å². The summed E-state index contributed by atoms with van der Waals surface area (Å²) in [6.45, 7) is 1.76. The average molecular weight is 396 g/mol. The quantitative estimate of drug-likeness (QED) is 0.293. The summed E-state index contributed by atoms with van der Waals surface area (Å²) in [5.74, 6) is 1.91. The number of benzene rings is 2. The van der Waals surface area contributed by atoms with Gasteiger partial charge in [-0.2, -0.15) is 0 Å². The minimum Gasteiger partial charge on any atom is -0.494 e. The highest BCUT2D eigenvalue weighted by Gasteiger charge is 2.01. The third-order valence-electron chi connectivity index (χ3n) is 4.73. The molecule has 0 bridgehead atoms. The number of aromatic nitrogens is 2. The molecule has 5 heteroatoms. The van der Waals surface area contributed by atoms with Crippen molar-refractivity contribution in [3.63, 3.8) is 0 Å². The first-order valence-electron chi connectivity index (χ1n) is 10.1. The lowest BCUT2D eigenvalue weighted by atomic mass is 10.1. The first-order valence-corrected chi connectivity index (χ1v) is 11.3. The van der Waals surface area contributed by atoms with Crippen molar-refractivity contribution in [3.05, 3.63) is 54.9 Å². The van der Waals surface area contributed by atoms with Gasteiger partial charge >= 0.3 is 0 Å². The molecule has 3 rings (SSSR count). The van der Waals surface area contributed by atoms with Crippen LogP contribution in [0.2, 0.25) is 0 Å². The van der Waals surface area contributed by atoms with Gasteiger partial charge in [0.05, 0.1) is 12.1 Å². The predicted molar refractivity (Wildman–Crippen MR) is 119 cm³/mol. The van der Waals surface area contributed by atoms with Crippen LogP contribution in [0.3, 0.4) is 0 Å². The largest absolute Gasteiger partial charge is 0.494 e. The number of unbranched alkanes of at least 4 members (excludes halogenated alkanes) is 5. The van der Waals surface area contributed by atoms with Crippen molar-refractivity contribution >= 4 is 28.5 Å². The molecule has 0 aliphatic carbocycles. The van der Waals surface area contributed by atoms with Crippen LogP contribution in [0.1, 0.15) is 38.5 Å². The molecule has 2 aromatic carbocycles. The molecule has 4 nitrogen and oxygen atoms in total. The number of anilines is 1. The van der Waals surface area contributed by atoms with Gasteiger partial charge in [-0.25, -0.2) is 9.97 Å². The Morgan fingerprint density at radius 2 is 1.61 bits per heavy atom. The molecule has 3 aromatic rings. The van der Waals surface area contributed by atoms with E-state index in [1.54, 1.807) is 18.1 Å². The molecule has 148 valence electrons. The first kappa shape index (κ1) is 20.5. The fourth-order valence-corrected chi connectivity index (χ4v) is 3.56. The van der Waals surface area contributed by atoms with Gasteiger partial charge in [0.1, 0.15) is 17.9 Å². The highest BCUT2D eigenvalue weighted by Crippen LogP contribution is 2.20. The molecule has 0 atom stereocenters. The van der Waals surface area contributed by atoms with Crippen LogP contribution in [0.4, 0.5) is 5.82 Å². The molecule has 1 heterocycles. The van der Waals surface area contributed by atoms with Gasteiger partial charge in [0.2, 0.25) is 0 Å². The summed E-state index contributed by atoms with van der Waals surface area (Å²) in [6, 6.07) is 16.4. The number of para-hydroxylation sites is 1. The fourth-order valence-electron chi connectivity index (χ4n) is 3.15. The molecule has 0 saturated carbocycles. The number of ether oxygens (including phenoxy) is 1. The molecule has 0 fully saturated rings. The van der Waals surface area contributed by atoms with E-state index >= 15 is 0 Å². The van der Waals surface area contributed by atoms with Crippen molar-refractivity contribution in [2.45, 2.75) is 43.4 Å². The molecular weight excluding hydrogens is 366 g/mol. The van der Waals surface area contributed by atoms with E-state index in [0.29, 0.717) is 0 Å². The van der Waals surface area contributed by atoms with Gasteiger partial charge < -0.3 is 10.1 Å². The Kier molecular flexibility index (Phi) is 8.44. The van der Waals surface area contributed by atoms with Gasteiger partial charge in [0, 0.05) is 16.8 Å². The van der Waals surface area contributed by atoms with Crippen molar-refractivity contribution in [2.75, 3.05) is 24.7 Å². The number of rotatable bonds is 12. The highest BCUT2D eigenvalue weighted by molar-refractivity contribution is 7.98. The van der Waals surface area contributed by atoms with Crippen LogP contribution in [0.15, 0.2) is 59.8 Å². The van der Waals surface area contributed by atoms with Gasteiger partial charge in [0.25, 0.3) is 0 Å². The zero-order chi connectivity index (χ0) is 19.4. The van der Waals surface area contributed by atoms with Gasteiger partial charge in [-0.3, -0.25) is 0 Å². The Hall–Kier alpha value is -2.27. The number of fused-ring (bicyclic) bond motifs is 1. The number of thioether (sulfide) groups is 1. The molecule has 0 radical (unpaired) electrons. The van der Waals surface area contributed by atoms with Crippen molar-refractivity contribution < 1.29 is 4.74 Å². The summed E-state index contributed by atoms with van der Waals surface area (Å²) in [5.41, 5.74) is 0.988. The maximum atomic E-state index is 5.80. The van der Waals surface area contributed by atoms with Crippen LogP contribution < -0.4 is 10.1 Å². The zero-order valence-electron chi connectivity index (χ0n) is 16.6. The number of nitrogens with zero attached hydrogens (tertiary/aromatic N) is 2. The maximum Gasteiger partial charge on any atom is 0.137 e. The third kappa shape index (κ3) is 6.41. The lowest BCUT2D eigenvalue weighted by Crippen LogP contribution is -2.04. The summed E-state index contributed by atoms with van der Waals surface area (Å²) < 4.78 is 5.80. The van der Waals surface area contributed by atoms with Gasteiger partial charge in [0.15, 0.2) is 0 Å². The van der Waals surface area contributed by atoms with Crippen molar-refractivity contribution in [1.29, 1.82) is 0 Å². The number of hydrogen-bond donors (Lipinski definition) is 1. The second kappa shape index (κ2) is 11.5. The van der Waals surface area contributed by atoms with E-state index in [1.165, 1.54) is 30.6 Å². The molecule has 0 saturated heterocycles. The van der Waals surface area contributed by atoms with E-state index in [0.717, 1.165) is 48.5 Å². The van der Waals surface area contributed by atoms with E-state index in [9.17, 15) is 0 Å². The maximum absolute atomic E-state index is 5.80. The minimum absolute atomic E-state index is 0.807. The number of hydrogen-bond acceptors (Lipinski definition) is 5. The second-order valence-corrected chi connectivity index (χ2v) is 7.69. The molecule has 1 N–H and O–H groups in total. The van der Waals surface area contributed by atoms with Crippen LogP contribution in [-0.4, -0.2) is 29.4 Å². The van der Waals surface area contributed by atoms with Crippen LogP contribution in [0.5, 0.6) is 5.75 Å². The van der Waals surface area contributed by atoms with Gasteiger partial charge in [-0.1, -0.05) is 37.8 Å². The molecular formula is C23H29N3OS. The first-order chi connectivity index (χ1) is 13.9. The third-order valence-corrected chi connectivity index (χ3v) is 5.48. The topological polar surface area (TPSA) is 47.0 Å². The summed E-state index contributed by atoms with van der Waals surface area (Å²) >= 11 is 1.75. The molecule has 0 amide bonds. The summed E-state index contributed by atoms with van der Waals surface area (Å²) in [7, 11) is 0. The normalized spacial score (nSPS) is 10.9. The minimum atomic E-state index is 0.807. The Bertz CT molecular complexity index is 833. The SMILES string of the molecule is CSc1ccc(OCCCCCCCCNc2ncnc3ccccc23)cc1. The van der Waals surface area contributed by atoms with E-state index in [2.05, 4.69) is 51.9 Å². The molecule has 0 aliphatic heterocycles. The molecule has 0 unspecified atom stereocenters. The van der Waals surface area contributed by atoms with Crippen LogP contribution >= 0.6 is 11.8 Å². The van der Waals surface area contributed by atoms with Gasteiger partial charge in [-0.15, -0.1) is 11.8 Å². The Morgan fingerprint density at radius 1 is 0.857 bits per heavy atom. The van der Waals surface area contributed by atoms with Gasteiger partial charge in [-0.05, 0) is 55.5 Å². The lowest BCUT2D eigenvalue weighted by molar-refractivity contribution is 0.304. The Labute approximate surface area is 172 Å². The Morgan fingerprint density at radius 3 is 2.43 bits per heavy atom. The smallest absolute Gasteiger partial charge is 0.137 e. The average Bonchev–Trinajstić information content (AvgIpc) is 2.75. The standard InChI is InChI=1S/C23H29N3OS/c1-28-20-14-12-19(13-15-20)27-17-9-5-3-2-4-8-16-24-23-21-10-6-7-11-22(21)25-18-26-23/h6-7,10-15,18H,2-5,8-9,16-17H2,1H3,(H,24,25,26). The summed E-state index contributed by atoms with van der Waals surface area (Å²) in [4.78, 5) is 9.94. The van der Waals surface area contributed by atoms with Crippen LogP contribution in [-0.2, 0) is 0 Å². The summed E-state index contributed by atoms with van der Waals surface area (Å²) in [6.07, 6.45) is 11.0. The zero-order valence-corrected chi connectivity index (χ0v) is 17.4. The molecule has 1 aromatic heterocycles. The van der Waals surface area contributed by atoms with E-state index in [4.69, 9.17) is 4.74 Å².